The molecular formula is C15H16N2O4S. The van der Waals surface area contributed by atoms with E-state index < -0.39 is 0 Å². The van der Waals surface area contributed by atoms with E-state index in [1.807, 2.05) is 12.1 Å². The van der Waals surface area contributed by atoms with Crippen LogP contribution in [0, 0.1) is 0 Å². The second-order valence-electron chi connectivity index (χ2n) is 4.26. The Balaban J connectivity index is 2.18. The van der Waals surface area contributed by atoms with Gasteiger partial charge < -0.3 is 14.5 Å². The lowest BCUT2D eigenvalue weighted by Gasteiger charge is -2.05. The highest BCUT2D eigenvalue weighted by atomic mass is 32.2. The Kier molecular flexibility index (Phi) is 5.60. The first-order valence-electron chi connectivity index (χ1n) is 6.66. The zero-order chi connectivity index (χ0) is 15.9. The summed E-state index contributed by atoms with van der Waals surface area (Å²) in [6, 6.07) is 8.64. The van der Waals surface area contributed by atoms with Crippen molar-refractivity contribution in [3.05, 3.63) is 40.7 Å². The molecule has 1 aromatic heterocycles. The van der Waals surface area contributed by atoms with Crippen LogP contribution in [-0.4, -0.2) is 35.4 Å². The van der Waals surface area contributed by atoms with Crippen LogP contribution >= 0.6 is 11.8 Å². The Morgan fingerprint density at radius 3 is 2.68 bits per heavy atom. The van der Waals surface area contributed by atoms with Gasteiger partial charge in [0, 0.05) is 11.6 Å². The number of thioether (sulfide) groups is 1. The predicted molar refractivity (Wildman–Crippen MR) is 84.2 cm³/mol. The first-order chi connectivity index (χ1) is 10.6. The number of hydrogen-bond acceptors (Lipinski definition) is 6. The van der Waals surface area contributed by atoms with Crippen molar-refractivity contribution in [2.45, 2.75) is 12.1 Å². The average molecular weight is 320 g/mol. The summed E-state index contributed by atoms with van der Waals surface area (Å²) in [5, 5.41) is 0.381. The highest BCUT2D eigenvalue weighted by Crippen LogP contribution is 2.21. The van der Waals surface area contributed by atoms with Gasteiger partial charge in [0.15, 0.2) is 5.16 Å². The molecule has 0 aliphatic rings. The highest BCUT2D eigenvalue weighted by Gasteiger charge is 2.08. The van der Waals surface area contributed by atoms with Crippen molar-refractivity contribution >= 4 is 17.7 Å². The number of hydrogen-bond donors (Lipinski definition) is 1. The molecule has 1 heterocycles. The number of methoxy groups -OCH3 is 1. The molecule has 0 radical (unpaired) electrons. The second kappa shape index (κ2) is 7.65. The minimum Gasteiger partial charge on any atom is -0.497 e. The van der Waals surface area contributed by atoms with E-state index in [2.05, 4.69) is 9.97 Å². The third-order valence-corrected chi connectivity index (χ3v) is 3.58. The second-order valence-corrected chi connectivity index (χ2v) is 5.22. The molecule has 0 aliphatic carbocycles. The van der Waals surface area contributed by atoms with Gasteiger partial charge in [-0.05, 0) is 31.2 Å². The summed E-state index contributed by atoms with van der Waals surface area (Å²) in [4.78, 5) is 30.0. The minimum absolute atomic E-state index is 0.100. The molecule has 1 aromatic carbocycles. The van der Waals surface area contributed by atoms with Crippen LogP contribution in [0.25, 0.3) is 11.3 Å². The molecule has 0 saturated carbocycles. The third kappa shape index (κ3) is 4.36. The Labute approximate surface area is 131 Å². The van der Waals surface area contributed by atoms with Gasteiger partial charge in [0.25, 0.3) is 5.56 Å². The van der Waals surface area contributed by atoms with Gasteiger partial charge in [-0.3, -0.25) is 9.59 Å². The summed E-state index contributed by atoms with van der Waals surface area (Å²) in [6.07, 6.45) is 0. The summed E-state index contributed by atoms with van der Waals surface area (Å²) in [5.41, 5.74) is 1.06. The molecule has 2 rings (SSSR count). The van der Waals surface area contributed by atoms with Crippen LogP contribution in [0.4, 0.5) is 0 Å². The molecule has 22 heavy (non-hydrogen) atoms. The van der Waals surface area contributed by atoms with E-state index in [1.54, 1.807) is 26.2 Å². The van der Waals surface area contributed by atoms with Crippen LogP contribution in [0.2, 0.25) is 0 Å². The quantitative estimate of drug-likeness (QED) is 0.499. The number of ether oxygens (including phenoxy) is 2. The monoisotopic (exact) mass is 320 g/mol. The maximum absolute atomic E-state index is 11.7. The number of carbonyl (C=O) groups is 1. The van der Waals surface area contributed by atoms with Gasteiger partial charge in [0.05, 0.1) is 25.2 Å². The number of rotatable bonds is 6. The van der Waals surface area contributed by atoms with Crippen LogP contribution in [0.3, 0.4) is 0 Å². The van der Waals surface area contributed by atoms with Gasteiger partial charge in [0.1, 0.15) is 5.75 Å². The molecule has 0 bridgehead atoms. The molecule has 0 saturated heterocycles. The molecule has 0 atom stereocenters. The van der Waals surface area contributed by atoms with Crippen molar-refractivity contribution in [1.29, 1.82) is 0 Å². The standard InChI is InChI=1S/C15H16N2O4S/c1-3-21-14(19)9-22-15-16-12(8-13(18)17-15)10-4-6-11(20-2)7-5-10/h4-8H,3,9H2,1-2H3,(H,16,17,18). The largest absolute Gasteiger partial charge is 0.497 e. The lowest BCUT2D eigenvalue weighted by Crippen LogP contribution is -2.11. The predicted octanol–water partition coefficient (Wildman–Crippen LogP) is 2.10. The molecule has 0 fully saturated rings. The Hall–Kier alpha value is -2.28. The number of nitrogens with one attached hydrogen (secondary N) is 1. The van der Waals surface area contributed by atoms with Crippen molar-refractivity contribution in [2.24, 2.45) is 0 Å². The maximum Gasteiger partial charge on any atom is 0.316 e. The third-order valence-electron chi connectivity index (χ3n) is 2.74. The minimum atomic E-state index is -0.343. The Morgan fingerprint density at radius 1 is 1.32 bits per heavy atom. The van der Waals surface area contributed by atoms with E-state index in [4.69, 9.17) is 9.47 Å². The lowest BCUT2D eigenvalue weighted by atomic mass is 10.1. The first-order valence-corrected chi connectivity index (χ1v) is 7.65. The molecule has 0 amide bonds. The number of carbonyl (C=O) groups excluding carboxylic acids is 1. The van der Waals surface area contributed by atoms with Crippen molar-refractivity contribution < 1.29 is 14.3 Å². The zero-order valence-corrected chi connectivity index (χ0v) is 13.1. The van der Waals surface area contributed by atoms with Crippen molar-refractivity contribution in [3.8, 4) is 17.0 Å². The van der Waals surface area contributed by atoms with Crippen LogP contribution in [0.1, 0.15) is 6.92 Å². The number of benzene rings is 1. The van der Waals surface area contributed by atoms with E-state index in [-0.39, 0.29) is 17.3 Å². The molecule has 6 nitrogen and oxygen atoms in total. The van der Waals surface area contributed by atoms with E-state index in [1.165, 1.54) is 6.07 Å². The topological polar surface area (TPSA) is 81.3 Å². The lowest BCUT2D eigenvalue weighted by molar-refractivity contribution is -0.139. The van der Waals surface area contributed by atoms with Crippen LogP contribution in [0.5, 0.6) is 5.75 Å². The molecule has 0 spiro atoms. The van der Waals surface area contributed by atoms with Crippen LogP contribution in [-0.2, 0) is 9.53 Å². The number of H-pyrrole nitrogens is 1. The molecule has 1 N–H and O–H groups in total. The van der Waals surface area contributed by atoms with Crippen molar-refractivity contribution in [3.63, 3.8) is 0 Å². The van der Waals surface area contributed by atoms with Crippen LogP contribution < -0.4 is 10.3 Å². The summed E-state index contributed by atoms with van der Waals surface area (Å²) in [6.45, 7) is 2.07. The molecule has 0 aliphatic heterocycles. The average Bonchev–Trinajstić information content (AvgIpc) is 2.53. The molecule has 7 heteroatoms. The molecule has 0 unspecified atom stereocenters. The Bertz CT molecular complexity index is 697. The maximum atomic E-state index is 11.7. The van der Waals surface area contributed by atoms with E-state index in [9.17, 15) is 9.59 Å². The number of nitrogens with zero attached hydrogens (tertiary/aromatic N) is 1. The molecule has 116 valence electrons. The smallest absolute Gasteiger partial charge is 0.316 e. The molecule has 2 aromatic rings. The van der Waals surface area contributed by atoms with Crippen LogP contribution in [0.15, 0.2) is 40.3 Å². The Morgan fingerprint density at radius 2 is 2.05 bits per heavy atom. The fourth-order valence-corrected chi connectivity index (χ4v) is 2.42. The van der Waals surface area contributed by atoms with Gasteiger partial charge in [-0.15, -0.1) is 0 Å². The van der Waals surface area contributed by atoms with Gasteiger partial charge in [-0.1, -0.05) is 11.8 Å². The van der Waals surface area contributed by atoms with Gasteiger partial charge in [0.2, 0.25) is 0 Å². The van der Waals surface area contributed by atoms with Gasteiger partial charge in [-0.2, -0.15) is 0 Å². The fourth-order valence-electron chi connectivity index (χ4n) is 1.74. The number of aromatic amines is 1. The van der Waals surface area contributed by atoms with E-state index in [0.717, 1.165) is 23.1 Å². The highest BCUT2D eigenvalue weighted by molar-refractivity contribution is 7.99. The van der Waals surface area contributed by atoms with Crippen molar-refractivity contribution in [2.75, 3.05) is 19.5 Å². The van der Waals surface area contributed by atoms with Crippen molar-refractivity contribution in [1.82, 2.24) is 9.97 Å². The normalized spacial score (nSPS) is 10.3. The number of aromatic nitrogens is 2. The summed E-state index contributed by atoms with van der Waals surface area (Å²) >= 11 is 1.13. The fraction of sp³-hybridized carbons (Fsp3) is 0.267. The summed E-state index contributed by atoms with van der Waals surface area (Å²) in [7, 11) is 1.59. The zero-order valence-electron chi connectivity index (χ0n) is 12.3. The van der Waals surface area contributed by atoms with E-state index in [0.29, 0.717) is 17.5 Å². The first kappa shape index (κ1) is 16.1. The number of esters is 1. The summed E-state index contributed by atoms with van der Waals surface area (Å²) in [5.74, 6) is 0.485. The SMILES string of the molecule is CCOC(=O)CSc1nc(-c2ccc(OC)cc2)cc(=O)[nH]1. The van der Waals surface area contributed by atoms with E-state index >= 15 is 0 Å². The van der Waals surface area contributed by atoms with Gasteiger partial charge in [-0.25, -0.2) is 4.98 Å². The van der Waals surface area contributed by atoms with Gasteiger partial charge >= 0.3 is 5.97 Å². The molecular weight excluding hydrogens is 304 g/mol. The summed E-state index contributed by atoms with van der Waals surface area (Å²) < 4.78 is 9.94.